The van der Waals surface area contributed by atoms with Gasteiger partial charge in [-0.1, -0.05) is 12.1 Å². The molecule has 0 spiro atoms. The van der Waals surface area contributed by atoms with Crippen molar-refractivity contribution in [3.05, 3.63) is 35.4 Å². The molecule has 1 unspecified atom stereocenters. The lowest BCUT2D eigenvalue weighted by Gasteiger charge is -2.13. The van der Waals surface area contributed by atoms with Crippen LogP contribution in [0.1, 0.15) is 28.9 Å². The van der Waals surface area contributed by atoms with Gasteiger partial charge in [0.15, 0.2) is 0 Å². The second-order valence-electron chi connectivity index (χ2n) is 3.32. The van der Waals surface area contributed by atoms with Crippen molar-refractivity contribution in [3.63, 3.8) is 0 Å². The van der Waals surface area contributed by atoms with Gasteiger partial charge in [-0.05, 0) is 36.2 Å². The Balaban J connectivity index is 2.73. The van der Waals surface area contributed by atoms with E-state index >= 15 is 0 Å². The third-order valence-electron chi connectivity index (χ3n) is 2.14. The molecule has 0 fully saturated rings. The summed E-state index contributed by atoms with van der Waals surface area (Å²) in [6, 6.07) is 6.58. The zero-order chi connectivity index (χ0) is 12.1. The maximum atomic E-state index is 11.1. The molecule has 0 bridgehead atoms. The molecule has 0 heterocycles. The predicted molar refractivity (Wildman–Crippen MR) is 63.9 cm³/mol. The van der Waals surface area contributed by atoms with Crippen LogP contribution in [0.25, 0.3) is 0 Å². The third kappa shape index (κ3) is 3.51. The molecule has 1 aromatic carbocycles. The highest BCUT2D eigenvalue weighted by Gasteiger charge is 2.09. The van der Waals surface area contributed by atoms with Gasteiger partial charge in [-0.2, -0.15) is 0 Å². The fraction of sp³-hybridized carbons (Fsp3) is 0.273. The van der Waals surface area contributed by atoms with Crippen LogP contribution in [0.3, 0.4) is 0 Å². The van der Waals surface area contributed by atoms with Gasteiger partial charge in [0.2, 0.25) is 5.91 Å². The SMILES string of the molecule is CC(NC(=O)CCl)c1ccc(C(=O)Cl)cc1. The van der Waals surface area contributed by atoms with Gasteiger partial charge in [0.25, 0.3) is 5.24 Å². The average molecular weight is 260 g/mol. The van der Waals surface area contributed by atoms with Gasteiger partial charge >= 0.3 is 0 Å². The molecule has 1 atom stereocenters. The maximum absolute atomic E-state index is 11.1. The molecule has 16 heavy (non-hydrogen) atoms. The molecule has 3 nitrogen and oxygen atoms in total. The Kier molecular flexibility index (Phi) is 4.77. The number of carbonyl (C=O) groups is 2. The first-order valence-corrected chi connectivity index (χ1v) is 5.61. The van der Waals surface area contributed by atoms with E-state index < -0.39 is 5.24 Å². The molecule has 0 saturated carbocycles. The molecular weight excluding hydrogens is 249 g/mol. The normalized spacial score (nSPS) is 11.9. The summed E-state index contributed by atoms with van der Waals surface area (Å²) in [5, 5.41) is 2.21. The van der Waals surface area contributed by atoms with Crippen LogP contribution in [0.2, 0.25) is 0 Å². The van der Waals surface area contributed by atoms with E-state index in [1.165, 1.54) is 0 Å². The number of rotatable bonds is 4. The molecule has 0 aliphatic rings. The molecule has 0 aliphatic heterocycles. The van der Waals surface area contributed by atoms with Crippen LogP contribution in [-0.2, 0) is 4.79 Å². The largest absolute Gasteiger partial charge is 0.349 e. The molecule has 5 heteroatoms. The van der Waals surface area contributed by atoms with E-state index in [0.717, 1.165) is 5.56 Å². The van der Waals surface area contributed by atoms with Gasteiger partial charge in [0.05, 0.1) is 6.04 Å². The summed E-state index contributed by atoms with van der Waals surface area (Å²) in [4.78, 5) is 21.9. The summed E-state index contributed by atoms with van der Waals surface area (Å²) in [5.41, 5.74) is 1.32. The molecule has 0 radical (unpaired) electrons. The topological polar surface area (TPSA) is 46.2 Å². The second-order valence-corrected chi connectivity index (χ2v) is 3.93. The highest BCUT2D eigenvalue weighted by Crippen LogP contribution is 2.14. The Bertz CT molecular complexity index is 389. The smallest absolute Gasteiger partial charge is 0.252 e. The number of hydrogen-bond acceptors (Lipinski definition) is 2. The quantitative estimate of drug-likeness (QED) is 0.667. The number of alkyl halides is 1. The minimum absolute atomic E-state index is 0.0669. The molecule has 0 saturated heterocycles. The second kappa shape index (κ2) is 5.87. The van der Waals surface area contributed by atoms with E-state index in [1.54, 1.807) is 24.3 Å². The monoisotopic (exact) mass is 259 g/mol. The van der Waals surface area contributed by atoms with Crippen molar-refractivity contribution < 1.29 is 9.59 Å². The first kappa shape index (κ1) is 13.0. The van der Waals surface area contributed by atoms with Crippen molar-refractivity contribution in [1.29, 1.82) is 0 Å². The summed E-state index contributed by atoms with van der Waals surface area (Å²) < 4.78 is 0. The van der Waals surface area contributed by atoms with Crippen molar-refractivity contribution in [3.8, 4) is 0 Å². The van der Waals surface area contributed by atoms with Gasteiger partial charge in [-0.15, -0.1) is 11.6 Å². The van der Waals surface area contributed by atoms with E-state index in [1.807, 2.05) is 6.92 Å². The van der Waals surface area contributed by atoms with Gasteiger partial charge < -0.3 is 5.32 Å². The predicted octanol–water partition coefficient (Wildman–Crippen LogP) is 2.48. The minimum Gasteiger partial charge on any atom is -0.349 e. The van der Waals surface area contributed by atoms with Crippen LogP contribution < -0.4 is 5.32 Å². The highest BCUT2D eigenvalue weighted by atomic mass is 35.5. The first-order chi connectivity index (χ1) is 7.54. The minimum atomic E-state index is -0.496. The fourth-order valence-electron chi connectivity index (χ4n) is 1.27. The average Bonchev–Trinajstić information content (AvgIpc) is 2.28. The maximum Gasteiger partial charge on any atom is 0.252 e. The number of nitrogens with one attached hydrogen (secondary N) is 1. The first-order valence-electron chi connectivity index (χ1n) is 4.69. The number of carbonyl (C=O) groups excluding carboxylic acids is 2. The lowest BCUT2D eigenvalue weighted by molar-refractivity contribution is -0.119. The Morgan fingerprint density at radius 1 is 1.31 bits per heavy atom. The van der Waals surface area contributed by atoms with Gasteiger partial charge in [-0.3, -0.25) is 9.59 Å². The van der Waals surface area contributed by atoms with Crippen molar-refractivity contribution in [2.24, 2.45) is 0 Å². The van der Waals surface area contributed by atoms with Crippen molar-refractivity contribution in [2.75, 3.05) is 5.88 Å². The van der Waals surface area contributed by atoms with Crippen LogP contribution in [-0.4, -0.2) is 17.0 Å². The molecule has 1 aromatic rings. The van der Waals surface area contributed by atoms with Crippen molar-refractivity contribution in [1.82, 2.24) is 5.32 Å². The van der Waals surface area contributed by atoms with E-state index in [4.69, 9.17) is 23.2 Å². The summed E-state index contributed by atoms with van der Waals surface area (Å²) >= 11 is 10.7. The molecule has 86 valence electrons. The summed E-state index contributed by atoms with van der Waals surface area (Å²) in [6.45, 7) is 1.84. The Hall–Kier alpha value is -1.06. The molecule has 1 amide bonds. The lowest BCUT2D eigenvalue weighted by Crippen LogP contribution is -2.27. The summed E-state index contributed by atoms with van der Waals surface area (Å²) in [6.07, 6.45) is 0. The van der Waals surface area contributed by atoms with Crippen LogP contribution in [0.5, 0.6) is 0 Å². The van der Waals surface area contributed by atoms with Crippen LogP contribution in [0.4, 0.5) is 0 Å². The van der Waals surface area contributed by atoms with Crippen molar-refractivity contribution in [2.45, 2.75) is 13.0 Å². The molecule has 0 aliphatic carbocycles. The molecular formula is C11H11Cl2NO2. The van der Waals surface area contributed by atoms with Crippen LogP contribution in [0, 0.1) is 0 Å². The van der Waals surface area contributed by atoms with Gasteiger partial charge in [0.1, 0.15) is 5.88 Å². The van der Waals surface area contributed by atoms with E-state index in [0.29, 0.717) is 5.56 Å². The Labute approximate surface area is 104 Å². The Morgan fingerprint density at radius 3 is 2.31 bits per heavy atom. The van der Waals surface area contributed by atoms with Crippen LogP contribution >= 0.6 is 23.2 Å². The number of hydrogen-bond donors (Lipinski definition) is 1. The van der Waals surface area contributed by atoms with E-state index in [9.17, 15) is 9.59 Å². The molecule has 0 aromatic heterocycles. The van der Waals surface area contributed by atoms with E-state index in [-0.39, 0.29) is 17.8 Å². The van der Waals surface area contributed by atoms with Crippen molar-refractivity contribution >= 4 is 34.4 Å². The fourth-order valence-corrected chi connectivity index (χ4v) is 1.47. The highest BCUT2D eigenvalue weighted by molar-refractivity contribution is 6.67. The van der Waals surface area contributed by atoms with E-state index in [2.05, 4.69) is 5.32 Å². The third-order valence-corrected chi connectivity index (χ3v) is 2.60. The Morgan fingerprint density at radius 2 is 1.88 bits per heavy atom. The van der Waals surface area contributed by atoms with Gasteiger partial charge in [0, 0.05) is 5.56 Å². The molecule has 1 N–H and O–H groups in total. The summed E-state index contributed by atoms with van der Waals surface area (Å²) in [7, 11) is 0. The zero-order valence-electron chi connectivity index (χ0n) is 8.67. The lowest BCUT2D eigenvalue weighted by atomic mass is 10.1. The zero-order valence-corrected chi connectivity index (χ0v) is 10.2. The summed E-state index contributed by atoms with van der Waals surface area (Å²) in [5.74, 6) is -0.297. The van der Waals surface area contributed by atoms with Gasteiger partial charge in [-0.25, -0.2) is 0 Å². The standard InChI is InChI=1S/C11H11Cl2NO2/c1-7(14-10(15)6-12)8-2-4-9(5-3-8)11(13)16/h2-5,7H,6H2,1H3,(H,14,15). The number of halogens is 2. The van der Waals surface area contributed by atoms with Crippen LogP contribution in [0.15, 0.2) is 24.3 Å². The molecule has 1 rings (SSSR count). The number of amides is 1. The number of benzene rings is 1.